The molecule has 0 saturated carbocycles. The third-order valence-corrected chi connectivity index (χ3v) is 1.88. The van der Waals surface area contributed by atoms with Gasteiger partial charge in [0.2, 0.25) is 0 Å². The van der Waals surface area contributed by atoms with Crippen molar-refractivity contribution in [1.29, 1.82) is 0 Å². The summed E-state index contributed by atoms with van der Waals surface area (Å²) in [5.41, 5.74) is 6.21. The molecule has 0 heterocycles. The maximum atomic E-state index is 11.3. The van der Waals surface area contributed by atoms with E-state index in [1.807, 2.05) is 0 Å². The average Bonchev–Trinajstić information content (AvgIpc) is 2.20. The molecule has 1 aromatic rings. The second-order valence-corrected chi connectivity index (χ2v) is 3.26. The van der Waals surface area contributed by atoms with Gasteiger partial charge in [-0.15, -0.1) is 0 Å². The maximum absolute atomic E-state index is 11.3. The molecule has 6 heteroatoms. The minimum absolute atomic E-state index is 0.133. The summed E-state index contributed by atoms with van der Waals surface area (Å²) in [4.78, 5) is 21.3. The van der Waals surface area contributed by atoms with Crippen molar-refractivity contribution in [2.45, 2.75) is 6.92 Å². The van der Waals surface area contributed by atoms with Gasteiger partial charge in [-0.2, -0.15) is 0 Å². The van der Waals surface area contributed by atoms with Crippen molar-refractivity contribution in [3.05, 3.63) is 40.5 Å². The Kier molecular flexibility index (Phi) is 3.24. The Labute approximate surface area is 91.9 Å². The SMILES string of the molecule is C=C(C)C(=O)Nc1cc([N+](=O)[O-])ccc1N. The van der Waals surface area contributed by atoms with Crippen LogP contribution in [0.1, 0.15) is 6.92 Å². The van der Waals surface area contributed by atoms with Gasteiger partial charge in [-0.25, -0.2) is 0 Å². The second-order valence-electron chi connectivity index (χ2n) is 3.26. The molecule has 0 atom stereocenters. The number of carbonyl (C=O) groups is 1. The van der Waals surface area contributed by atoms with E-state index in [-0.39, 0.29) is 17.1 Å². The zero-order chi connectivity index (χ0) is 12.3. The zero-order valence-electron chi connectivity index (χ0n) is 8.69. The number of anilines is 2. The van der Waals surface area contributed by atoms with Crippen LogP contribution >= 0.6 is 0 Å². The maximum Gasteiger partial charge on any atom is 0.271 e. The van der Waals surface area contributed by atoms with Crippen molar-refractivity contribution >= 4 is 23.0 Å². The van der Waals surface area contributed by atoms with Crippen LogP contribution in [0.2, 0.25) is 0 Å². The molecule has 0 fully saturated rings. The third-order valence-electron chi connectivity index (χ3n) is 1.88. The molecule has 0 aliphatic heterocycles. The normalized spacial score (nSPS) is 9.56. The van der Waals surface area contributed by atoms with Crippen molar-refractivity contribution in [3.8, 4) is 0 Å². The quantitative estimate of drug-likeness (QED) is 0.351. The van der Waals surface area contributed by atoms with Crippen molar-refractivity contribution in [2.75, 3.05) is 11.1 Å². The molecule has 0 spiro atoms. The minimum atomic E-state index is -0.560. The summed E-state index contributed by atoms with van der Waals surface area (Å²) in [5.74, 6) is -0.424. The van der Waals surface area contributed by atoms with Gasteiger partial charge < -0.3 is 11.1 Å². The lowest BCUT2D eigenvalue weighted by Gasteiger charge is -2.07. The van der Waals surface area contributed by atoms with Crippen molar-refractivity contribution in [3.63, 3.8) is 0 Å². The molecule has 84 valence electrons. The summed E-state index contributed by atoms with van der Waals surface area (Å²) >= 11 is 0. The first-order valence-corrected chi connectivity index (χ1v) is 4.42. The lowest BCUT2D eigenvalue weighted by molar-refractivity contribution is -0.384. The third kappa shape index (κ3) is 2.57. The molecular weight excluding hydrogens is 210 g/mol. The van der Waals surface area contributed by atoms with Crippen LogP contribution in [0, 0.1) is 10.1 Å². The lowest BCUT2D eigenvalue weighted by atomic mass is 10.2. The van der Waals surface area contributed by atoms with E-state index in [1.54, 1.807) is 0 Å². The molecule has 0 bridgehead atoms. The summed E-state index contributed by atoms with van der Waals surface area (Å²) in [6.07, 6.45) is 0. The van der Waals surface area contributed by atoms with Gasteiger partial charge in [0.25, 0.3) is 11.6 Å². The van der Waals surface area contributed by atoms with E-state index in [1.165, 1.54) is 25.1 Å². The predicted octanol–water partition coefficient (Wildman–Crippen LogP) is 1.69. The minimum Gasteiger partial charge on any atom is -0.397 e. The number of amides is 1. The molecule has 0 unspecified atom stereocenters. The smallest absolute Gasteiger partial charge is 0.271 e. The Bertz CT molecular complexity index is 468. The number of rotatable bonds is 3. The van der Waals surface area contributed by atoms with Gasteiger partial charge in [0.15, 0.2) is 0 Å². The molecule has 0 aromatic heterocycles. The van der Waals surface area contributed by atoms with E-state index in [4.69, 9.17) is 5.73 Å². The summed E-state index contributed by atoms with van der Waals surface area (Å²) in [6, 6.07) is 3.84. The van der Waals surface area contributed by atoms with Crippen molar-refractivity contribution in [2.24, 2.45) is 0 Å². The van der Waals surface area contributed by atoms with Gasteiger partial charge in [-0.3, -0.25) is 14.9 Å². The number of benzene rings is 1. The van der Waals surface area contributed by atoms with Crippen molar-refractivity contribution in [1.82, 2.24) is 0 Å². The number of carbonyl (C=O) groups excluding carboxylic acids is 1. The Morgan fingerprint density at radius 3 is 2.69 bits per heavy atom. The highest BCUT2D eigenvalue weighted by atomic mass is 16.6. The van der Waals surface area contributed by atoms with Crippen LogP contribution in [-0.4, -0.2) is 10.8 Å². The van der Waals surface area contributed by atoms with Gasteiger partial charge in [0.1, 0.15) is 0 Å². The molecular formula is C10H11N3O3. The number of nitrogens with two attached hydrogens (primary N) is 1. The van der Waals surface area contributed by atoms with Crippen LogP contribution in [0.15, 0.2) is 30.4 Å². The fraction of sp³-hybridized carbons (Fsp3) is 0.100. The first-order valence-electron chi connectivity index (χ1n) is 4.42. The second kappa shape index (κ2) is 4.43. The fourth-order valence-corrected chi connectivity index (χ4v) is 0.995. The molecule has 3 N–H and O–H groups in total. The van der Waals surface area contributed by atoms with Gasteiger partial charge in [-0.1, -0.05) is 6.58 Å². The number of nitrogens with zero attached hydrogens (tertiary/aromatic N) is 1. The van der Waals surface area contributed by atoms with Gasteiger partial charge in [0, 0.05) is 17.7 Å². The van der Waals surface area contributed by atoms with E-state index in [9.17, 15) is 14.9 Å². The Hall–Kier alpha value is -2.37. The number of nitro groups is 1. The number of non-ortho nitro benzene ring substituents is 1. The summed E-state index contributed by atoms with van der Waals surface area (Å²) in [6.45, 7) is 4.98. The number of hydrogen-bond acceptors (Lipinski definition) is 4. The number of nitrogens with one attached hydrogen (secondary N) is 1. The van der Waals surface area contributed by atoms with Gasteiger partial charge in [-0.05, 0) is 13.0 Å². The highest BCUT2D eigenvalue weighted by Crippen LogP contribution is 2.24. The predicted molar refractivity (Wildman–Crippen MR) is 61.0 cm³/mol. The zero-order valence-corrected chi connectivity index (χ0v) is 8.69. The molecule has 0 aliphatic carbocycles. The molecule has 6 nitrogen and oxygen atoms in total. The standard InChI is InChI=1S/C10H11N3O3/c1-6(2)10(14)12-9-5-7(13(15)16)3-4-8(9)11/h3-5H,1,11H2,2H3,(H,12,14). The molecule has 16 heavy (non-hydrogen) atoms. The van der Waals surface area contributed by atoms with E-state index >= 15 is 0 Å². The van der Waals surface area contributed by atoms with Crippen LogP contribution < -0.4 is 11.1 Å². The van der Waals surface area contributed by atoms with Crippen LogP contribution in [0.4, 0.5) is 17.1 Å². The summed E-state index contributed by atoms with van der Waals surface area (Å²) in [7, 11) is 0. The van der Waals surface area contributed by atoms with E-state index < -0.39 is 10.8 Å². The van der Waals surface area contributed by atoms with Gasteiger partial charge in [0.05, 0.1) is 16.3 Å². The largest absolute Gasteiger partial charge is 0.397 e. The lowest BCUT2D eigenvalue weighted by Crippen LogP contribution is -2.13. The van der Waals surface area contributed by atoms with Gasteiger partial charge >= 0.3 is 0 Å². The van der Waals surface area contributed by atoms with Crippen LogP contribution in [-0.2, 0) is 4.79 Å². The Morgan fingerprint density at radius 2 is 2.19 bits per heavy atom. The summed E-state index contributed by atoms with van der Waals surface area (Å²) < 4.78 is 0. The highest BCUT2D eigenvalue weighted by molar-refractivity contribution is 6.04. The summed E-state index contributed by atoms with van der Waals surface area (Å²) in [5, 5.41) is 13.0. The molecule has 1 rings (SSSR count). The van der Waals surface area contributed by atoms with Crippen LogP contribution in [0.3, 0.4) is 0 Å². The number of nitro benzene ring substituents is 1. The molecule has 1 aromatic carbocycles. The molecule has 0 radical (unpaired) electrons. The fourth-order valence-electron chi connectivity index (χ4n) is 0.995. The van der Waals surface area contributed by atoms with E-state index in [0.717, 1.165) is 0 Å². The number of nitrogen functional groups attached to an aromatic ring is 1. The van der Waals surface area contributed by atoms with Crippen LogP contribution in [0.5, 0.6) is 0 Å². The van der Waals surface area contributed by atoms with E-state index in [2.05, 4.69) is 11.9 Å². The Balaban J connectivity index is 3.03. The van der Waals surface area contributed by atoms with Crippen LogP contribution in [0.25, 0.3) is 0 Å². The number of hydrogen-bond donors (Lipinski definition) is 2. The Morgan fingerprint density at radius 1 is 1.56 bits per heavy atom. The first-order chi connectivity index (χ1) is 7.41. The molecule has 1 amide bonds. The monoisotopic (exact) mass is 221 g/mol. The molecule has 0 aliphatic rings. The van der Waals surface area contributed by atoms with Crippen molar-refractivity contribution < 1.29 is 9.72 Å². The highest BCUT2D eigenvalue weighted by Gasteiger charge is 2.11. The average molecular weight is 221 g/mol. The molecule has 0 saturated heterocycles. The van der Waals surface area contributed by atoms with E-state index in [0.29, 0.717) is 5.57 Å². The topological polar surface area (TPSA) is 98.3 Å². The first kappa shape index (κ1) is 11.7.